The summed E-state index contributed by atoms with van der Waals surface area (Å²) < 4.78 is 11.0. The molecule has 1 heterocycles. The number of nitrogens with one attached hydrogen (secondary N) is 3. The molecule has 3 rings (SSSR count). The van der Waals surface area contributed by atoms with Gasteiger partial charge in [0.05, 0.1) is 20.3 Å². The van der Waals surface area contributed by atoms with Crippen molar-refractivity contribution in [1.82, 2.24) is 15.5 Å². The van der Waals surface area contributed by atoms with E-state index in [-0.39, 0.29) is 30.2 Å². The van der Waals surface area contributed by atoms with Gasteiger partial charge in [0.15, 0.2) is 11.5 Å². The van der Waals surface area contributed by atoms with Crippen molar-refractivity contribution in [3.05, 3.63) is 53.1 Å². The van der Waals surface area contributed by atoms with Gasteiger partial charge in [-0.15, -0.1) is 0 Å². The van der Waals surface area contributed by atoms with E-state index in [2.05, 4.69) is 16.0 Å². The average Bonchev–Trinajstić information content (AvgIpc) is 2.76. The van der Waals surface area contributed by atoms with E-state index < -0.39 is 0 Å². The molecule has 8 heteroatoms. The number of urea groups is 2. The predicted octanol–water partition coefficient (Wildman–Crippen LogP) is 4.24. The number of ether oxygens (including phenoxy) is 2. The molecule has 2 aromatic rings. The number of methoxy groups -OCH3 is 2. The van der Waals surface area contributed by atoms with Gasteiger partial charge in [0.1, 0.15) is 0 Å². The van der Waals surface area contributed by atoms with Crippen LogP contribution in [0, 0.1) is 6.92 Å². The Labute approximate surface area is 195 Å². The van der Waals surface area contributed by atoms with Crippen LogP contribution >= 0.6 is 0 Å². The van der Waals surface area contributed by atoms with Gasteiger partial charge in [-0.3, -0.25) is 0 Å². The number of anilines is 1. The third-order valence-electron chi connectivity index (χ3n) is 5.51. The van der Waals surface area contributed by atoms with Crippen LogP contribution in [0.5, 0.6) is 11.5 Å². The fourth-order valence-electron chi connectivity index (χ4n) is 3.89. The number of nitrogens with zero attached hydrogens (tertiary/aromatic N) is 1. The van der Waals surface area contributed by atoms with Crippen LogP contribution < -0.4 is 25.4 Å². The normalized spacial score (nSPS) is 15.3. The van der Waals surface area contributed by atoms with Crippen LogP contribution in [-0.4, -0.2) is 49.8 Å². The fraction of sp³-hybridized carbons (Fsp3) is 0.440. The molecule has 0 saturated heterocycles. The maximum atomic E-state index is 13.1. The zero-order valence-electron chi connectivity index (χ0n) is 20.2. The minimum absolute atomic E-state index is 0.173. The molecule has 0 fully saturated rings. The fourth-order valence-corrected chi connectivity index (χ4v) is 3.89. The van der Waals surface area contributed by atoms with Crippen molar-refractivity contribution in [3.8, 4) is 11.5 Å². The summed E-state index contributed by atoms with van der Waals surface area (Å²) in [6.07, 6.45) is 0.680. The number of benzene rings is 2. The molecule has 0 saturated carbocycles. The highest BCUT2D eigenvalue weighted by molar-refractivity contribution is 5.89. The number of rotatable bonds is 5. The average molecular weight is 455 g/mol. The molecule has 0 unspecified atom stereocenters. The summed E-state index contributed by atoms with van der Waals surface area (Å²) in [6.45, 7) is 8.59. The first kappa shape index (κ1) is 24.2. The standard InChI is InChI=1S/C25H34N4O4/c1-16-7-9-18(10-8-16)27-23(30)26-15-20-19-14-22(33-6)21(32-5)13-17(19)11-12-29(20)24(31)28-25(2,3)4/h7-10,13-14,20H,11-12,15H2,1-6H3,(H,28,31)(H2,26,27,30)/t20-/m1/s1. The van der Waals surface area contributed by atoms with E-state index in [1.54, 1.807) is 19.1 Å². The number of fused-ring (bicyclic) bond motifs is 1. The molecule has 0 radical (unpaired) electrons. The Morgan fingerprint density at radius 2 is 1.70 bits per heavy atom. The maximum Gasteiger partial charge on any atom is 0.319 e. The number of carbonyl (C=O) groups is 2. The summed E-state index contributed by atoms with van der Waals surface area (Å²) in [5.41, 5.74) is 3.44. The Morgan fingerprint density at radius 3 is 2.30 bits per heavy atom. The van der Waals surface area contributed by atoms with E-state index in [4.69, 9.17) is 9.47 Å². The zero-order valence-corrected chi connectivity index (χ0v) is 20.2. The lowest BCUT2D eigenvalue weighted by Crippen LogP contribution is -2.53. The minimum Gasteiger partial charge on any atom is -0.493 e. The Hall–Kier alpha value is -3.42. The van der Waals surface area contributed by atoms with E-state index in [9.17, 15) is 9.59 Å². The van der Waals surface area contributed by atoms with Crippen molar-refractivity contribution in [1.29, 1.82) is 0 Å². The predicted molar refractivity (Wildman–Crippen MR) is 129 cm³/mol. The van der Waals surface area contributed by atoms with Crippen LogP contribution in [0.4, 0.5) is 15.3 Å². The van der Waals surface area contributed by atoms with Crippen molar-refractivity contribution < 1.29 is 19.1 Å². The van der Waals surface area contributed by atoms with Crippen molar-refractivity contribution in [2.45, 2.75) is 45.7 Å². The van der Waals surface area contributed by atoms with Crippen LogP contribution in [0.25, 0.3) is 0 Å². The molecule has 4 amide bonds. The summed E-state index contributed by atoms with van der Waals surface area (Å²) >= 11 is 0. The first-order valence-corrected chi connectivity index (χ1v) is 11.1. The lowest BCUT2D eigenvalue weighted by molar-refractivity contribution is 0.159. The lowest BCUT2D eigenvalue weighted by Gasteiger charge is -2.39. The van der Waals surface area contributed by atoms with Gasteiger partial charge in [-0.2, -0.15) is 0 Å². The molecular formula is C25H34N4O4. The summed E-state index contributed by atoms with van der Waals surface area (Å²) in [5.74, 6) is 1.23. The van der Waals surface area contributed by atoms with E-state index in [1.165, 1.54) is 0 Å². The van der Waals surface area contributed by atoms with E-state index in [0.29, 0.717) is 30.2 Å². The van der Waals surface area contributed by atoms with Gasteiger partial charge in [-0.1, -0.05) is 17.7 Å². The van der Waals surface area contributed by atoms with Crippen LogP contribution in [0.1, 0.15) is 43.5 Å². The van der Waals surface area contributed by atoms with Gasteiger partial charge in [0.25, 0.3) is 0 Å². The Bertz CT molecular complexity index is 999. The topological polar surface area (TPSA) is 91.9 Å². The van der Waals surface area contributed by atoms with Gasteiger partial charge in [-0.25, -0.2) is 9.59 Å². The summed E-state index contributed by atoms with van der Waals surface area (Å²) in [5, 5.41) is 8.80. The monoisotopic (exact) mass is 454 g/mol. The Balaban J connectivity index is 1.84. The van der Waals surface area contributed by atoms with Crippen molar-refractivity contribution in [3.63, 3.8) is 0 Å². The van der Waals surface area contributed by atoms with Crippen molar-refractivity contribution >= 4 is 17.7 Å². The largest absolute Gasteiger partial charge is 0.493 e. The van der Waals surface area contributed by atoms with Gasteiger partial charge < -0.3 is 30.3 Å². The quantitative estimate of drug-likeness (QED) is 0.630. The minimum atomic E-state index is -0.379. The molecule has 2 aromatic carbocycles. The van der Waals surface area contributed by atoms with E-state index in [0.717, 1.165) is 16.7 Å². The molecule has 3 N–H and O–H groups in total. The van der Waals surface area contributed by atoms with Gasteiger partial charge in [0.2, 0.25) is 0 Å². The summed E-state index contributed by atoms with van der Waals surface area (Å²) in [4.78, 5) is 27.5. The maximum absolute atomic E-state index is 13.1. The van der Waals surface area contributed by atoms with Crippen molar-refractivity contribution in [2.75, 3.05) is 32.6 Å². The van der Waals surface area contributed by atoms with Crippen molar-refractivity contribution in [2.24, 2.45) is 0 Å². The van der Waals surface area contributed by atoms with E-state index >= 15 is 0 Å². The highest BCUT2D eigenvalue weighted by Crippen LogP contribution is 2.38. The van der Waals surface area contributed by atoms with Gasteiger partial charge in [-0.05, 0) is 69.5 Å². The number of hydrogen-bond donors (Lipinski definition) is 3. The zero-order chi connectivity index (χ0) is 24.2. The smallest absolute Gasteiger partial charge is 0.319 e. The third kappa shape index (κ3) is 6.09. The lowest BCUT2D eigenvalue weighted by atomic mass is 9.91. The third-order valence-corrected chi connectivity index (χ3v) is 5.51. The molecule has 0 spiro atoms. The molecule has 1 aliphatic rings. The molecule has 0 bridgehead atoms. The molecule has 0 aliphatic carbocycles. The second kappa shape index (κ2) is 10.0. The van der Waals surface area contributed by atoms with E-state index in [1.807, 2.05) is 64.1 Å². The van der Waals surface area contributed by atoms with Crippen LogP contribution in [0.15, 0.2) is 36.4 Å². The second-order valence-corrected chi connectivity index (χ2v) is 9.25. The molecule has 1 atom stereocenters. The highest BCUT2D eigenvalue weighted by Gasteiger charge is 2.33. The Kier molecular flexibility index (Phi) is 7.36. The molecular weight excluding hydrogens is 420 g/mol. The van der Waals surface area contributed by atoms with Gasteiger partial charge >= 0.3 is 12.1 Å². The first-order chi connectivity index (χ1) is 15.6. The molecule has 33 heavy (non-hydrogen) atoms. The number of hydrogen-bond acceptors (Lipinski definition) is 4. The molecule has 178 valence electrons. The summed E-state index contributed by atoms with van der Waals surface area (Å²) in [6, 6.07) is 10.6. The Morgan fingerprint density at radius 1 is 1.06 bits per heavy atom. The molecule has 8 nitrogen and oxygen atoms in total. The molecule has 1 aliphatic heterocycles. The van der Waals surface area contributed by atoms with Crippen LogP contribution in [-0.2, 0) is 6.42 Å². The van der Waals surface area contributed by atoms with Crippen LogP contribution in [0.2, 0.25) is 0 Å². The van der Waals surface area contributed by atoms with Crippen LogP contribution in [0.3, 0.4) is 0 Å². The van der Waals surface area contributed by atoms with Gasteiger partial charge in [0, 0.05) is 24.3 Å². The number of carbonyl (C=O) groups excluding carboxylic acids is 2. The number of amides is 4. The number of aryl methyl sites for hydroxylation is 1. The molecule has 0 aromatic heterocycles. The highest BCUT2D eigenvalue weighted by atomic mass is 16.5. The SMILES string of the molecule is COc1cc2c(cc1OC)[C@@H](CNC(=O)Nc1ccc(C)cc1)N(C(=O)NC(C)(C)C)CC2. The second-order valence-electron chi connectivity index (χ2n) is 9.25. The summed E-state index contributed by atoms with van der Waals surface area (Å²) in [7, 11) is 3.18. The first-order valence-electron chi connectivity index (χ1n) is 11.1.